The molecule has 6 nitrogen and oxygen atoms in total. The first-order valence-electron chi connectivity index (χ1n) is 7.43. The SMILES string of the molecule is Cc1ccccc1[C@@H](C(=O)NCCCn1ccnn1)N(C)C. The predicted octanol–water partition coefficient (Wildman–Crippen LogP) is 1.40. The van der Waals surface area contributed by atoms with Gasteiger partial charge in [0.2, 0.25) is 5.91 Å². The molecule has 6 heteroatoms. The average Bonchev–Trinajstić information content (AvgIpc) is 2.99. The highest BCUT2D eigenvalue weighted by molar-refractivity contribution is 5.83. The summed E-state index contributed by atoms with van der Waals surface area (Å²) in [6, 6.07) is 7.73. The van der Waals surface area contributed by atoms with Crippen molar-refractivity contribution in [3.8, 4) is 0 Å². The van der Waals surface area contributed by atoms with Gasteiger partial charge < -0.3 is 5.32 Å². The first-order chi connectivity index (χ1) is 10.6. The molecule has 1 atom stereocenters. The van der Waals surface area contributed by atoms with Gasteiger partial charge in [-0.05, 0) is 38.6 Å². The number of amides is 1. The molecule has 0 unspecified atom stereocenters. The van der Waals surface area contributed by atoms with Crippen molar-refractivity contribution in [2.75, 3.05) is 20.6 Å². The summed E-state index contributed by atoms with van der Waals surface area (Å²) in [7, 11) is 3.85. The van der Waals surface area contributed by atoms with E-state index in [9.17, 15) is 4.79 Å². The highest BCUT2D eigenvalue weighted by Crippen LogP contribution is 2.21. The quantitative estimate of drug-likeness (QED) is 0.785. The fourth-order valence-electron chi connectivity index (χ4n) is 2.45. The first-order valence-corrected chi connectivity index (χ1v) is 7.43. The van der Waals surface area contributed by atoms with Gasteiger partial charge in [-0.25, -0.2) is 0 Å². The third-order valence-electron chi connectivity index (χ3n) is 3.58. The normalized spacial score (nSPS) is 12.4. The molecule has 0 saturated heterocycles. The Morgan fingerprint density at radius 3 is 2.77 bits per heavy atom. The summed E-state index contributed by atoms with van der Waals surface area (Å²) in [5, 5.41) is 10.7. The lowest BCUT2D eigenvalue weighted by molar-refractivity contribution is -0.125. The van der Waals surface area contributed by atoms with Crippen LogP contribution in [0, 0.1) is 6.92 Å². The molecule has 1 aromatic carbocycles. The Hall–Kier alpha value is -2.21. The molecule has 0 aliphatic carbocycles. The van der Waals surface area contributed by atoms with Crippen LogP contribution >= 0.6 is 0 Å². The van der Waals surface area contributed by atoms with Crippen molar-refractivity contribution < 1.29 is 4.79 Å². The van der Waals surface area contributed by atoms with Crippen LogP contribution in [0.4, 0.5) is 0 Å². The third kappa shape index (κ3) is 4.14. The van der Waals surface area contributed by atoms with Crippen LogP contribution < -0.4 is 5.32 Å². The second-order valence-electron chi connectivity index (χ2n) is 5.53. The Morgan fingerprint density at radius 2 is 2.14 bits per heavy atom. The smallest absolute Gasteiger partial charge is 0.241 e. The van der Waals surface area contributed by atoms with E-state index < -0.39 is 0 Å². The number of nitrogens with one attached hydrogen (secondary N) is 1. The number of carbonyl (C=O) groups excluding carboxylic acids is 1. The van der Waals surface area contributed by atoms with E-state index in [1.807, 2.05) is 56.4 Å². The number of aryl methyl sites for hydroxylation is 2. The molecule has 22 heavy (non-hydrogen) atoms. The Kier molecular flexibility index (Phi) is 5.66. The van der Waals surface area contributed by atoms with Crippen molar-refractivity contribution >= 4 is 5.91 Å². The van der Waals surface area contributed by atoms with Gasteiger partial charge in [0.25, 0.3) is 0 Å². The van der Waals surface area contributed by atoms with E-state index in [0.29, 0.717) is 6.54 Å². The minimum absolute atomic E-state index is 0.0258. The van der Waals surface area contributed by atoms with Crippen LogP contribution in [-0.4, -0.2) is 46.4 Å². The molecule has 2 rings (SSSR count). The number of hydrogen-bond acceptors (Lipinski definition) is 4. The fourth-order valence-corrected chi connectivity index (χ4v) is 2.45. The van der Waals surface area contributed by atoms with Crippen molar-refractivity contribution in [2.24, 2.45) is 0 Å². The van der Waals surface area contributed by atoms with E-state index in [1.54, 1.807) is 10.9 Å². The molecule has 118 valence electrons. The Labute approximate surface area is 131 Å². The molecule has 1 amide bonds. The van der Waals surface area contributed by atoms with E-state index in [2.05, 4.69) is 15.6 Å². The van der Waals surface area contributed by atoms with Crippen LogP contribution in [0.3, 0.4) is 0 Å². The highest BCUT2D eigenvalue weighted by Gasteiger charge is 2.23. The van der Waals surface area contributed by atoms with Crippen LogP contribution in [-0.2, 0) is 11.3 Å². The van der Waals surface area contributed by atoms with Crippen molar-refractivity contribution in [3.05, 3.63) is 47.8 Å². The lowest BCUT2D eigenvalue weighted by Crippen LogP contribution is -2.38. The molecule has 0 fully saturated rings. The van der Waals surface area contributed by atoms with Gasteiger partial charge in [-0.3, -0.25) is 14.4 Å². The minimum Gasteiger partial charge on any atom is -0.354 e. The summed E-state index contributed by atoms with van der Waals surface area (Å²) in [6.07, 6.45) is 4.29. The number of carbonyl (C=O) groups is 1. The molecule has 0 aliphatic heterocycles. The minimum atomic E-state index is -0.271. The molecule has 0 bridgehead atoms. The number of aromatic nitrogens is 3. The maximum Gasteiger partial charge on any atom is 0.241 e. The molecule has 0 saturated carbocycles. The second kappa shape index (κ2) is 7.70. The van der Waals surface area contributed by atoms with Crippen molar-refractivity contribution in [1.82, 2.24) is 25.2 Å². The van der Waals surface area contributed by atoms with Gasteiger partial charge in [-0.1, -0.05) is 29.5 Å². The maximum atomic E-state index is 12.5. The third-order valence-corrected chi connectivity index (χ3v) is 3.58. The summed E-state index contributed by atoms with van der Waals surface area (Å²) >= 11 is 0. The second-order valence-corrected chi connectivity index (χ2v) is 5.53. The number of rotatable bonds is 7. The standard InChI is InChI=1S/C16H23N5O/c1-13-7-4-5-8-14(13)15(20(2)3)16(22)17-9-6-11-21-12-10-18-19-21/h4-5,7-8,10,12,15H,6,9,11H2,1-3H3,(H,17,22)/t15-/m0/s1. The lowest BCUT2D eigenvalue weighted by atomic mass is 10.00. The summed E-state index contributed by atoms with van der Waals surface area (Å²) in [5.74, 6) is 0.0258. The zero-order valence-corrected chi connectivity index (χ0v) is 13.4. The number of benzene rings is 1. The topological polar surface area (TPSA) is 63.1 Å². The Balaban J connectivity index is 1.91. The van der Waals surface area contributed by atoms with E-state index >= 15 is 0 Å². The molecule has 0 aliphatic rings. The fraction of sp³-hybridized carbons (Fsp3) is 0.438. The predicted molar refractivity (Wildman–Crippen MR) is 85.3 cm³/mol. The Morgan fingerprint density at radius 1 is 1.36 bits per heavy atom. The molecule has 2 aromatic rings. The van der Waals surface area contributed by atoms with E-state index in [1.165, 1.54) is 0 Å². The van der Waals surface area contributed by atoms with E-state index in [0.717, 1.165) is 24.1 Å². The van der Waals surface area contributed by atoms with Crippen LogP contribution in [0.2, 0.25) is 0 Å². The molecule has 0 spiro atoms. The highest BCUT2D eigenvalue weighted by atomic mass is 16.2. The van der Waals surface area contributed by atoms with E-state index in [-0.39, 0.29) is 11.9 Å². The Bertz CT molecular complexity index is 594. The van der Waals surface area contributed by atoms with Gasteiger partial charge in [0.15, 0.2) is 0 Å². The zero-order valence-electron chi connectivity index (χ0n) is 13.4. The molecule has 0 radical (unpaired) electrons. The van der Waals surface area contributed by atoms with Gasteiger partial charge in [0.05, 0.1) is 6.20 Å². The van der Waals surface area contributed by atoms with Gasteiger partial charge in [-0.15, -0.1) is 5.10 Å². The van der Waals surface area contributed by atoms with Gasteiger partial charge in [0.1, 0.15) is 6.04 Å². The van der Waals surface area contributed by atoms with Crippen LogP contribution in [0.1, 0.15) is 23.6 Å². The summed E-state index contributed by atoms with van der Waals surface area (Å²) in [6.45, 7) is 3.40. The van der Waals surface area contributed by atoms with E-state index in [4.69, 9.17) is 0 Å². The summed E-state index contributed by atoms with van der Waals surface area (Å²) in [4.78, 5) is 14.5. The lowest BCUT2D eigenvalue weighted by Gasteiger charge is -2.25. The number of likely N-dealkylation sites (N-methyl/N-ethyl adjacent to an activating group) is 1. The van der Waals surface area contributed by atoms with Crippen molar-refractivity contribution in [2.45, 2.75) is 25.9 Å². The van der Waals surface area contributed by atoms with Crippen LogP contribution in [0.15, 0.2) is 36.7 Å². The molecule has 1 heterocycles. The monoisotopic (exact) mass is 301 g/mol. The van der Waals surface area contributed by atoms with Gasteiger partial charge in [0, 0.05) is 19.3 Å². The zero-order chi connectivity index (χ0) is 15.9. The largest absolute Gasteiger partial charge is 0.354 e. The number of hydrogen-bond donors (Lipinski definition) is 1. The summed E-state index contributed by atoms with van der Waals surface area (Å²) in [5.41, 5.74) is 2.17. The molecule has 1 N–H and O–H groups in total. The van der Waals surface area contributed by atoms with Gasteiger partial charge >= 0.3 is 0 Å². The number of nitrogens with zero attached hydrogens (tertiary/aromatic N) is 4. The molecule has 1 aromatic heterocycles. The van der Waals surface area contributed by atoms with Crippen molar-refractivity contribution in [3.63, 3.8) is 0 Å². The maximum absolute atomic E-state index is 12.5. The first kappa shape index (κ1) is 16.2. The van der Waals surface area contributed by atoms with Crippen molar-refractivity contribution in [1.29, 1.82) is 0 Å². The summed E-state index contributed by atoms with van der Waals surface area (Å²) < 4.78 is 1.76. The molecular weight excluding hydrogens is 278 g/mol. The van der Waals surface area contributed by atoms with Gasteiger partial charge in [-0.2, -0.15) is 0 Å². The van der Waals surface area contributed by atoms with Crippen LogP contribution in [0.5, 0.6) is 0 Å². The average molecular weight is 301 g/mol. The molecular formula is C16H23N5O. The van der Waals surface area contributed by atoms with Crippen LogP contribution in [0.25, 0.3) is 0 Å².